The Bertz CT molecular complexity index is 888. The molecule has 10 heteroatoms. The van der Waals surface area contributed by atoms with Gasteiger partial charge in [0.15, 0.2) is 0 Å². The van der Waals surface area contributed by atoms with E-state index in [1.54, 1.807) is 24.3 Å². The fourth-order valence-corrected chi connectivity index (χ4v) is 3.36. The fraction of sp³-hybridized carbons (Fsp3) is 0. The number of nitrogens with one attached hydrogen (secondary N) is 4. The predicted molar refractivity (Wildman–Crippen MR) is 109 cm³/mol. The molecule has 128 valence electrons. The van der Waals surface area contributed by atoms with Gasteiger partial charge in [-0.3, -0.25) is 10.7 Å². The first-order valence-corrected chi connectivity index (χ1v) is 11.2. The lowest BCUT2D eigenvalue weighted by molar-refractivity contribution is 0.389. The van der Waals surface area contributed by atoms with Gasteiger partial charge in [-0.15, -0.1) is 5.10 Å². The number of hydrogen-bond acceptors (Lipinski definition) is 8. The number of aromatic nitrogens is 2. The average Bonchev–Trinajstić information content (AvgIpc) is 3.11. The average molecular weight is 468 g/mol. The molecule has 1 aromatic heterocycles. The second-order valence-corrected chi connectivity index (χ2v) is 6.95. The fourth-order valence-electron chi connectivity index (χ4n) is 2.16. The third-order valence-electron chi connectivity index (χ3n) is 3.30. The Labute approximate surface area is 158 Å². The monoisotopic (exact) mass is 468 g/mol. The van der Waals surface area contributed by atoms with E-state index in [1.807, 2.05) is 18.2 Å². The van der Waals surface area contributed by atoms with E-state index in [4.69, 9.17) is 15.0 Å². The molecule has 0 bridgehead atoms. The SMILES string of the molecule is N=Cc1cc(Nc2nnc(-c3cccc(NO)c3)o2)ccc1NPI. The summed E-state index contributed by atoms with van der Waals surface area (Å²) >= 11 is 2.24. The summed E-state index contributed by atoms with van der Waals surface area (Å²) in [5.74, 6) is 0.330. The molecule has 0 amide bonds. The van der Waals surface area contributed by atoms with Crippen molar-refractivity contribution in [2.75, 3.05) is 15.9 Å². The van der Waals surface area contributed by atoms with E-state index in [0.717, 1.165) is 16.9 Å². The minimum Gasteiger partial charge on any atom is -0.403 e. The van der Waals surface area contributed by atoms with E-state index in [0.29, 0.717) is 23.5 Å². The smallest absolute Gasteiger partial charge is 0.320 e. The van der Waals surface area contributed by atoms with Crippen LogP contribution in [-0.2, 0) is 0 Å². The van der Waals surface area contributed by atoms with Crippen LogP contribution in [0.2, 0.25) is 0 Å². The normalized spacial score (nSPS) is 10.8. The molecule has 3 aromatic rings. The van der Waals surface area contributed by atoms with Crippen LogP contribution in [0.3, 0.4) is 0 Å². The Balaban J connectivity index is 1.80. The van der Waals surface area contributed by atoms with Gasteiger partial charge >= 0.3 is 6.01 Å². The van der Waals surface area contributed by atoms with Gasteiger partial charge in [-0.05, 0) is 58.4 Å². The van der Waals surface area contributed by atoms with Crippen LogP contribution in [0.4, 0.5) is 23.1 Å². The van der Waals surface area contributed by atoms with E-state index < -0.39 is 0 Å². The molecule has 1 heterocycles. The molecule has 0 aliphatic carbocycles. The summed E-state index contributed by atoms with van der Waals surface area (Å²) in [7, 11) is 0. The Morgan fingerprint density at radius 3 is 2.80 bits per heavy atom. The maximum absolute atomic E-state index is 8.97. The summed E-state index contributed by atoms with van der Waals surface area (Å²) in [6.45, 7) is 0. The molecule has 0 saturated carbocycles. The molecule has 8 nitrogen and oxygen atoms in total. The summed E-state index contributed by atoms with van der Waals surface area (Å²) < 4.78 is 5.61. The zero-order chi connectivity index (χ0) is 17.6. The highest BCUT2D eigenvalue weighted by molar-refractivity contribution is 14.2. The summed E-state index contributed by atoms with van der Waals surface area (Å²) in [6, 6.07) is 12.8. The van der Waals surface area contributed by atoms with Crippen LogP contribution in [0.25, 0.3) is 11.5 Å². The van der Waals surface area contributed by atoms with Crippen LogP contribution in [0.15, 0.2) is 46.9 Å². The Hall–Kier alpha value is -2.23. The Morgan fingerprint density at radius 2 is 2.04 bits per heavy atom. The highest BCUT2D eigenvalue weighted by Crippen LogP contribution is 2.29. The van der Waals surface area contributed by atoms with Gasteiger partial charge in [-0.25, -0.2) is 0 Å². The number of benzene rings is 2. The Kier molecular flexibility index (Phi) is 5.79. The highest BCUT2D eigenvalue weighted by Gasteiger charge is 2.10. The largest absolute Gasteiger partial charge is 0.403 e. The molecule has 1 atom stereocenters. The van der Waals surface area contributed by atoms with Gasteiger partial charge in [0.2, 0.25) is 5.89 Å². The topological polar surface area (TPSA) is 119 Å². The van der Waals surface area contributed by atoms with Gasteiger partial charge in [0.05, 0.1) is 5.69 Å². The summed E-state index contributed by atoms with van der Waals surface area (Å²) in [5.41, 5.74) is 5.68. The van der Waals surface area contributed by atoms with Crippen molar-refractivity contribution >= 4 is 57.7 Å². The first-order chi connectivity index (χ1) is 12.2. The van der Waals surface area contributed by atoms with Gasteiger partial charge < -0.3 is 20.2 Å². The molecule has 0 fully saturated rings. The van der Waals surface area contributed by atoms with Gasteiger partial charge in [-0.2, -0.15) is 0 Å². The van der Waals surface area contributed by atoms with Gasteiger partial charge in [0.25, 0.3) is 0 Å². The molecule has 1 unspecified atom stereocenters. The molecule has 25 heavy (non-hydrogen) atoms. The number of hydrogen-bond donors (Lipinski definition) is 5. The van der Waals surface area contributed by atoms with E-state index in [-0.39, 0.29) is 6.01 Å². The number of nitrogens with zero attached hydrogens (tertiary/aromatic N) is 2. The maximum Gasteiger partial charge on any atom is 0.320 e. The molecular formula is C15H14IN6O2P. The van der Waals surface area contributed by atoms with Crippen LogP contribution in [0.1, 0.15) is 5.56 Å². The third-order valence-corrected chi connectivity index (χ3v) is 4.48. The zero-order valence-electron chi connectivity index (χ0n) is 12.7. The third kappa shape index (κ3) is 4.25. The van der Waals surface area contributed by atoms with E-state index in [9.17, 15) is 0 Å². The predicted octanol–water partition coefficient (Wildman–Crippen LogP) is 4.63. The maximum atomic E-state index is 8.97. The molecule has 0 spiro atoms. The molecule has 0 aliphatic heterocycles. The summed E-state index contributed by atoms with van der Waals surface area (Å²) in [4.78, 5) is 0. The summed E-state index contributed by atoms with van der Waals surface area (Å²) in [6.07, 6.45) is 1.81. The first kappa shape index (κ1) is 17.6. The molecular weight excluding hydrogens is 454 g/mol. The highest BCUT2D eigenvalue weighted by atomic mass is 127. The van der Waals surface area contributed by atoms with Crippen LogP contribution in [-0.4, -0.2) is 21.6 Å². The van der Waals surface area contributed by atoms with E-state index in [1.165, 1.54) is 6.21 Å². The van der Waals surface area contributed by atoms with Crippen LogP contribution in [0.5, 0.6) is 0 Å². The van der Waals surface area contributed by atoms with Crippen LogP contribution >= 0.6 is 28.4 Å². The van der Waals surface area contributed by atoms with Crippen molar-refractivity contribution < 1.29 is 9.62 Å². The molecule has 0 aliphatic rings. The minimum absolute atomic E-state index is 0.241. The molecule has 0 saturated heterocycles. The van der Waals surface area contributed by atoms with E-state index in [2.05, 4.69) is 48.1 Å². The lowest BCUT2D eigenvalue weighted by atomic mass is 10.2. The number of rotatable bonds is 7. The zero-order valence-corrected chi connectivity index (χ0v) is 15.9. The second kappa shape index (κ2) is 8.24. The molecule has 0 radical (unpaired) electrons. The van der Waals surface area contributed by atoms with Gasteiger partial charge in [-0.1, -0.05) is 11.2 Å². The van der Waals surface area contributed by atoms with Gasteiger partial charge in [0, 0.05) is 35.1 Å². The second-order valence-electron chi connectivity index (χ2n) is 4.90. The standard InChI is InChI=1S/C15H14IN6O2P/c16-25-22-13-5-4-11(7-10(13)8-17)18-15-20-19-14(24-15)9-2-1-3-12(6-9)21-23/h1-8,17,21-23,25H,(H,18,20). The van der Waals surface area contributed by atoms with Crippen molar-refractivity contribution in [3.63, 3.8) is 0 Å². The number of anilines is 4. The minimum atomic E-state index is 0.241. The molecule has 2 aromatic carbocycles. The van der Waals surface area contributed by atoms with E-state index >= 15 is 0 Å². The van der Waals surface area contributed by atoms with Crippen molar-refractivity contribution in [3.05, 3.63) is 48.0 Å². The number of halogens is 1. The van der Waals surface area contributed by atoms with Crippen molar-refractivity contribution in [3.8, 4) is 11.5 Å². The van der Waals surface area contributed by atoms with Crippen molar-refractivity contribution in [2.45, 2.75) is 0 Å². The van der Waals surface area contributed by atoms with Crippen molar-refractivity contribution in [1.29, 1.82) is 5.41 Å². The summed E-state index contributed by atoms with van der Waals surface area (Å²) in [5, 5.41) is 30.7. The lowest BCUT2D eigenvalue weighted by Gasteiger charge is -2.08. The Morgan fingerprint density at radius 1 is 1.16 bits per heavy atom. The van der Waals surface area contributed by atoms with Gasteiger partial charge in [0.1, 0.15) is 0 Å². The first-order valence-electron chi connectivity index (χ1n) is 7.10. The lowest BCUT2D eigenvalue weighted by Crippen LogP contribution is -1.95. The van der Waals surface area contributed by atoms with Crippen LogP contribution < -0.4 is 15.9 Å². The quantitative estimate of drug-likeness (QED) is 0.148. The molecule has 5 N–H and O–H groups in total. The van der Waals surface area contributed by atoms with Crippen molar-refractivity contribution in [2.24, 2.45) is 0 Å². The van der Waals surface area contributed by atoms with Crippen molar-refractivity contribution in [1.82, 2.24) is 10.2 Å². The molecule has 3 rings (SSSR count). The van der Waals surface area contributed by atoms with Crippen LogP contribution in [0, 0.1) is 5.41 Å².